The third-order valence-corrected chi connectivity index (χ3v) is 5.46. The van der Waals surface area contributed by atoms with Gasteiger partial charge in [0.05, 0.1) is 12.0 Å². The first-order valence-electron chi connectivity index (χ1n) is 7.88. The molecule has 2 amide bonds. The summed E-state index contributed by atoms with van der Waals surface area (Å²) in [6.45, 7) is 8.25. The van der Waals surface area contributed by atoms with Gasteiger partial charge in [-0.2, -0.15) is 0 Å². The summed E-state index contributed by atoms with van der Waals surface area (Å²) in [6.07, 6.45) is 0. The van der Waals surface area contributed by atoms with E-state index >= 15 is 0 Å². The van der Waals surface area contributed by atoms with Crippen LogP contribution in [-0.2, 0) is 9.63 Å². The number of aryl methyl sites for hydroxylation is 1. The van der Waals surface area contributed by atoms with Crippen molar-refractivity contribution in [1.82, 2.24) is 10.4 Å². The van der Waals surface area contributed by atoms with Crippen LogP contribution in [0.2, 0.25) is 0 Å². The average Bonchev–Trinajstić information content (AvgIpc) is 2.97. The van der Waals surface area contributed by atoms with Gasteiger partial charge in [0.1, 0.15) is 6.04 Å². The second-order valence-electron chi connectivity index (χ2n) is 5.91. The monoisotopic (exact) mass is 336 g/mol. The van der Waals surface area contributed by atoms with E-state index in [4.69, 9.17) is 4.84 Å². The molecule has 1 heterocycles. The largest absolute Gasteiger partial charge is 0.313 e. The van der Waals surface area contributed by atoms with Gasteiger partial charge >= 0.3 is 0 Å². The highest BCUT2D eigenvalue weighted by molar-refractivity contribution is 8.00. The summed E-state index contributed by atoms with van der Waals surface area (Å²) in [5.41, 5.74) is 4.00. The van der Waals surface area contributed by atoms with E-state index < -0.39 is 6.04 Å². The molecule has 6 heteroatoms. The molecule has 1 saturated heterocycles. The number of amides is 2. The predicted octanol–water partition coefficient (Wildman–Crippen LogP) is 2.60. The van der Waals surface area contributed by atoms with E-state index in [1.807, 2.05) is 31.2 Å². The number of hydrogen-bond acceptors (Lipinski definition) is 4. The maximum absolute atomic E-state index is 13.1. The quantitative estimate of drug-likeness (QED) is 0.840. The van der Waals surface area contributed by atoms with Crippen LogP contribution in [0.25, 0.3) is 0 Å². The molecular weight excluding hydrogens is 312 g/mol. The summed E-state index contributed by atoms with van der Waals surface area (Å²) in [7, 11) is 0. The zero-order valence-corrected chi connectivity index (χ0v) is 14.9. The molecule has 0 spiro atoms. The van der Waals surface area contributed by atoms with Crippen LogP contribution < -0.4 is 5.48 Å². The molecule has 0 saturated carbocycles. The van der Waals surface area contributed by atoms with Crippen LogP contribution >= 0.6 is 11.8 Å². The molecule has 1 aliphatic rings. The second-order valence-corrected chi connectivity index (χ2v) is 7.06. The van der Waals surface area contributed by atoms with Gasteiger partial charge < -0.3 is 4.90 Å². The van der Waals surface area contributed by atoms with Crippen molar-refractivity contribution >= 4 is 23.6 Å². The Kier molecular flexibility index (Phi) is 6.07. The third-order valence-electron chi connectivity index (χ3n) is 3.83. The first-order chi connectivity index (χ1) is 11.0. The molecule has 5 nitrogen and oxygen atoms in total. The van der Waals surface area contributed by atoms with Gasteiger partial charge in [-0.3, -0.25) is 14.4 Å². The molecule has 23 heavy (non-hydrogen) atoms. The van der Waals surface area contributed by atoms with Crippen molar-refractivity contribution in [2.75, 3.05) is 12.4 Å². The Labute approximate surface area is 141 Å². The van der Waals surface area contributed by atoms with Gasteiger partial charge in [0.2, 0.25) is 0 Å². The topological polar surface area (TPSA) is 58.6 Å². The molecule has 2 unspecified atom stereocenters. The number of hydroxylamine groups is 1. The average molecular weight is 336 g/mol. The molecule has 1 fully saturated rings. The Balaban J connectivity index is 2.29. The van der Waals surface area contributed by atoms with Gasteiger partial charge in [0, 0.05) is 11.3 Å². The van der Waals surface area contributed by atoms with Crippen LogP contribution in [0, 0.1) is 12.8 Å². The van der Waals surface area contributed by atoms with E-state index in [1.54, 1.807) is 23.6 Å². The Hall–Kier alpha value is -1.53. The normalized spacial score (nSPS) is 20.8. The lowest BCUT2D eigenvalue weighted by Gasteiger charge is -2.31. The number of rotatable bonds is 5. The van der Waals surface area contributed by atoms with E-state index in [9.17, 15) is 9.59 Å². The number of hydrogen-bond donors (Lipinski definition) is 1. The summed E-state index contributed by atoms with van der Waals surface area (Å²) in [5, 5.41) is -0.0144. The van der Waals surface area contributed by atoms with E-state index in [-0.39, 0.29) is 23.1 Å². The standard InChI is InChI=1S/C17H24N2O3S/c1-5-22-18-15(20)14-10-23-17(11(2)3)19(14)16(21)13-9-7-6-8-12(13)4/h6-9,11,14,17H,5,10H2,1-4H3,(H,18,20). The Bertz CT molecular complexity index is 577. The molecule has 1 aliphatic heterocycles. The van der Waals surface area contributed by atoms with Crippen LogP contribution in [0.3, 0.4) is 0 Å². The summed E-state index contributed by atoms with van der Waals surface area (Å²) in [5.74, 6) is 0.491. The van der Waals surface area contributed by atoms with Crippen molar-refractivity contribution in [3.63, 3.8) is 0 Å². The fourth-order valence-electron chi connectivity index (χ4n) is 2.66. The second kappa shape index (κ2) is 7.84. The van der Waals surface area contributed by atoms with Crippen molar-refractivity contribution in [3.05, 3.63) is 35.4 Å². The maximum Gasteiger partial charge on any atom is 0.267 e. The smallest absolute Gasteiger partial charge is 0.267 e. The summed E-state index contributed by atoms with van der Waals surface area (Å²) < 4.78 is 0. The molecular formula is C17H24N2O3S. The highest BCUT2D eigenvalue weighted by atomic mass is 32.2. The molecule has 1 N–H and O–H groups in total. The van der Waals surface area contributed by atoms with Gasteiger partial charge in [-0.25, -0.2) is 5.48 Å². The molecule has 0 radical (unpaired) electrons. The van der Waals surface area contributed by atoms with E-state index in [2.05, 4.69) is 19.3 Å². The highest BCUT2D eigenvalue weighted by Gasteiger charge is 2.43. The Morgan fingerprint density at radius 2 is 2.09 bits per heavy atom. The predicted molar refractivity (Wildman–Crippen MR) is 92.0 cm³/mol. The minimum absolute atomic E-state index is 0.0144. The van der Waals surface area contributed by atoms with Gasteiger partial charge in [-0.15, -0.1) is 11.8 Å². The van der Waals surface area contributed by atoms with Crippen LogP contribution in [-0.4, -0.2) is 40.5 Å². The molecule has 0 bridgehead atoms. The van der Waals surface area contributed by atoms with Gasteiger partial charge in [0.25, 0.3) is 11.8 Å². The summed E-state index contributed by atoms with van der Waals surface area (Å²) >= 11 is 1.65. The summed E-state index contributed by atoms with van der Waals surface area (Å²) in [4.78, 5) is 32.2. The molecule has 2 rings (SSSR count). The molecule has 0 aliphatic carbocycles. The Morgan fingerprint density at radius 1 is 1.39 bits per heavy atom. The zero-order chi connectivity index (χ0) is 17.0. The number of nitrogens with one attached hydrogen (secondary N) is 1. The maximum atomic E-state index is 13.1. The number of thioether (sulfide) groups is 1. The lowest BCUT2D eigenvalue weighted by atomic mass is 10.1. The molecule has 1 aromatic carbocycles. The number of carbonyl (C=O) groups is 2. The SMILES string of the molecule is CCONC(=O)C1CSC(C(C)C)N1C(=O)c1ccccc1C. The van der Waals surface area contributed by atoms with Crippen molar-refractivity contribution < 1.29 is 14.4 Å². The van der Waals surface area contributed by atoms with Gasteiger partial charge in [0.15, 0.2) is 0 Å². The molecule has 126 valence electrons. The lowest BCUT2D eigenvalue weighted by molar-refractivity contribution is -0.137. The molecule has 2 atom stereocenters. The van der Waals surface area contributed by atoms with Crippen molar-refractivity contribution in [1.29, 1.82) is 0 Å². The van der Waals surface area contributed by atoms with Crippen LogP contribution in [0.1, 0.15) is 36.7 Å². The van der Waals surface area contributed by atoms with Crippen LogP contribution in [0.15, 0.2) is 24.3 Å². The zero-order valence-electron chi connectivity index (χ0n) is 14.0. The molecule has 0 aromatic heterocycles. The van der Waals surface area contributed by atoms with E-state index in [1.165, 1.54) is 0 Å². The first-order valence-corrected chi connectivity index (χ1v) is 8.93. The van der Waals surface area contributed by atoms with Crippen molar-refractivity contribution in [2.45, 2.75) is 39.1 Å². The van der Waals surface area contributed by atoms with E-state index in [0.29, 0.717) is 17.9 Å². The van der Waals surface area contributed by atoms with Gasteiger partial charge in [-0.05, 0) is 31.4 Å². The first kappa shape index (κ1) is 17.8. The minimum atomic E-state index is -0.508. The highest BCUT2D eigenvalue weighted by Crippen LogP contribution is 2.35. The molecule has 1 aromatic rings. The van der Waals surface area contributed by atoms with Crippen molar-refractivity contribution in [3.8, 4) is 0 Å². The number of benzene rings is 1. The Morgan fingerprint density at radius 3 is 2.70 bits per heavy atom. The lowest BCUT2D eigenvalue weighted by Crippen LogP contribution is -2.51. The van der Waals surface area contributed by atoms with Crippen molar-refractivity contribution in [2.24, 2.45) is 5.92 Å². The van der Waals surface area contributed by atoms with E-state index in [0.717, 1.165) is 5.56 Å². The van der Waals surface area contributed by atoms with Crippen LogP contribution in [0.4, 0.5) is 0 Å². The van der Waals surface area contributed by atoms with Gasteiger partial charge in [-0.1, -0.05) is 32.0 Å². The fourth-order valence-corrected chi connectivity index (χ4v) is 4.14. The fraction of sp³-hybridized carbons (Fsp3) is 0.529. The summed E-state index contributed by atoms with van der Waals surface area (Å²) in [6, 6.07) is 6.98. The minimum Gasteiger partial charge on any atom is -0.313 e. The number of carbonyl (C=O) groups excluding carboxylic acids is 2. The third kappa shape index (κ3) is 3.87. The number of nitrogens with zero attached hydrogens (tertiary/aromatic N) is 1. The van der Waals surface area contributed by atoms with Crippen LogP contribution in [0.5, 0.6) is 0 Å².